The lowest BCUT2D eigenvalue weighted by Crippen LogP contribution is -2.29. The number of nitrogens with zero attached hydrogens (tertiary/aromatic N) is 5. The van der Waals surface area contributed by atoms with Crippen LogP contribution in [0.3, 0.4) is 0 Å². The molecule has 0 radical (unpaired) electrons. The molecule has 0 atom stereocenters. The molecule has 44 heavy (non-hydrogen) atoms. The molecule has 0 aliphatic carbocycles. The zero-order chi connectivity index (χ0) is 30.6. The second kappa shape index (κ2) is 12.6. The largest absolute Gasteiger partial charge is 0.493 e. The lowest BCUT2D eigenvalue weighted by Gasteiger charge is -2.24. The molecular formula is C32H28FN5O6. The van der Waals surface area contributed by atoms with Gasteiger partial charge in [0.05, 0.1) is 25.8 Å². The number of ketones is 1. The summed E-state index contributed by atoms with van der Waals surface area (Å²) in [6.07, 6.45) is 7.38. The summed E-state index contributed by atoms with van der Waals surface area (Å²) in [5.74, 6) is 0.592. The summed E-state index contributed by atoms with van der Waals surface area (Å²) in [5.41, 5.74) is 1.14. The van der Waals surface area contributed by atoms with E-state index in [1.54, 1.807) is 49.5 Å². The number of rotatable bonds is 9. The molecule has 0 spiro atoms. The summed E-state index contributed by atoms with van der Waals surface area (Å²) < 4.78 is 37.4. The number of halogens is 1. The van der Waals surface area contributed by atoms with E-state index in [9.17, 15) is 14.0 Å². The van der Waals surface area contributed by atoms with Crippen LogP contribution in [0.2, 0.25) is 0 Å². The Hall–Kier alpha value is -5.23. The molecule has 0 unspecified atom stereocenters. The first-order chi connectivity index (χ1) is 21.4. The van der Waals surface area contributed by atoms with Gasteiger partial charge in [0.25, 0.3) is 0 Å². The van der Waals surface area contributed by atoms with Gasteiger partial charge in [0.2, 0.25) is 5.43 Å². The van der Waals surface area contributed by atoms with Crippen LogP contribution in [-0.4, -0.2) is 57.9 Å². The average Bonchev–Trinajstić information content (AvgIpc) is 3.06. The maximum Gasteiger partial charge on any atom is 0.321 e. The van der Waals surface area contributed by atoms with Crippen molar-refractivity contribution >= 4 is 16.7 Å². The zero-order valence-corrected chi connectivity index (χ0v) is 24.0. The zero-order valence-electron chi connectivity index (χ0n) is 24.0. The third-order valence-corrected chi connectivity index (χ3v) is 7.38. The average molecular weight is 598 g/mol. The predicted octanol–water partition coefficient (Wildman–Crippen LogP) is 4.97. The molecule has 1 saturated heterocycles. The molecule has 6 rings (SSSR count). The molecule has 0 saturated carbocycles. The minimum atomic E-state index is -0.526. The van der Waals surface area contributed by atoms with Crippen LogP contribution < -0.4 is 19.6 Å². The molecule has 1 fully saturated rings. The fourth-order valence-electron chi connectivity index (χ4n) is 5.05. The highest BCUT2D eigenvalue weighted by Crippen LogP contribution is 2.36. The van der Waals surface area contributed by atoms with Crippen molar-refractivity contribution in [1.29, 1.82) is 0 Å². The third-order valence-electron chi connectivity index (χ3n) is 7.38. The Morgan fingerprint density at radius 3 is 2.39 bits per heavy atom. The molecule has 0 bridgehead atoms. The number of fused-ring (bicyclic) bond motifs is 1. The van der Waals surface area contributed by atoms with E-state index in [1.165, 1.54) is 36.7 Å². The number of Topliss-reactive ketones (excluding diaryl/α,β-unsaturated/α-hetero) is 1. The van der Waals surface area contributed by atoms with Crippen molar-refractivity contribution in [3.05, 3.63) is 94.5 Å². The van der Waals surface area contributed by atoms with Crippen LogP contribution in [0.25, 0.3) is 22.0 Å². The number of carbonyl (C=O) groups excluding carboxylic acids is 1. The minimum absolute atomic E-state index is 0.0415. The van der Waals surface area contributed by atoms with Gasteiger partial charge in [-0.05, 0) is 48.2 Å². The number of hydrogen-bond donors (Lipinski definition) is 0. The van der Waals surface area contributed by atoms with Crippen molar-refractivity contribution in [2.45, 2.75) is 25.3 Å². The molecule has 1 aliphatic rings. The van der Waals surface area contributed by atoms with Gasteiger partial charge >= 0.3 is 6.01 Å². The molecule has 12 heteroatoms. The number of pyridine rings is 1. The van der Waals surface area contributed by atoms with Crippen LogP contribution >= 0.6 is 0 Å². The Morgan fingerprint density at radius 1 is 0.977 bits per heavy atom. The van der Waals surface area contributed by atoms with Crippen LogP contribution in [0.1, 0.15) is 34.9 Å². The Kier molecular flexibility index (Phi) is 8.24. The summed E-state index contributed by atoms with van der Waals surface area (Å²) in [6.45, 7) is 1.10. The summed E-state index contributed by atoms with van der Waals surface area (Å²) in [5, 5.41) is 5.13. The quantitative estimate of drug-likeness (QED) is 0.215. The summed E-state index contributed by atoms with van der Waals surface area (Å²) in [6, 6.07) is 10.8. The molecule has 1 aliphatic heterocycles. The molecule has 2 aromatic carbocycles. The van der Waals surface area contributed by atoms with Gasteiger partial charge in [-0.3, -0.25) is 19.3 Å². The first kappa shape index (κ1) is 28.9. The summed E-state index contributed by atoms with van der Waals surface area (Å²) >= 11 is 0. The second-order valence-corrected chi connectivity index (χ2v) is 10.2. The predicted molar refractivity (Wildman–Crippen MR) is 158 cm³/mol. The van der Waals surface area contributed by atoms with Crippen molar-refractivity contribution in [2.75, 3.05) is 27.4 Å². The van der Waals surface area contributed by atoms with Crippen LogP contribution in [0, 0.1) is 5.82 Å². The number of carbonyl (C=O) groups is 1. The lowest BCUT2D eigenvalue weighted by molar-refractivity contribution is 0.0655. The summed E-state index contributed by atoms with van der Waals surface area (Å²) in [4.78, 5) is 39.9. The Bertz CT molecular complexity index is 1870. The van der Waals surface area contributed by atoms with Gasteiger partial charge in [-0.2, -0.15) is 5.10 Å². The van der Waals surface area contributed by atoms with Crippen LogP contribution in [-0.2, 0) is 11.2 Å². The molecule has 3 aromatic heterocycles. The standard InChI is InChI=1S/C32H28FN5O6/c1-41-28-14-23-25(15-29(28)42-2)34-10-7-27(23)44-32-35-16-19(17-36-32)13-26(39)30-31(40)24(20-3-5-21(33)6-4-20)18-38(37-30)22-8-11-43-12-9-22/h3-7,10,14-18,22H,8-9,11-13H2,1-2H3. The third kappa shape index (κ3) is 5.97. The normalized spacial score (nSPS) is 13.5. The number of hydrogen-bond acceptors (Lipinski definition) is 10. The minimum Gasteiger partial charge on any atom is -0.493 e. The Balaban J connectivity index is 1.26. The first-order valence-corrected chi connectivity index (χ1v) is 13.9. The van der Waals surface area contributed by atoms with Gasteiger partial charge < -0.3 is 18.9 Å². The van der Waals surface area contributed by atoms with Gasteiger partial charge in [-0.15, -0.1) is 0 Å². The Labute approximate surface area is 251 Å². The van der Waals surface area contributed by atoms with E-state index in [0.29, 0.717) is 65.3 Å². The van der Waals surface area contributed by atoms with Crippen molar-refractivity contribution < 1.29 is 28.1 Å². The highest BCUT2D eigenvalue weighted by atomic mass is 19.1. The molecule has 224 valence electrons. The van der Waals surface area contributed by atoms with Gasteiger partial charge in [0.15, 0.2) is 23.0 Å². The van der Waals surface area contributed by atoms with Crippen LogP contribution in [0.15, 0.2) is 72.0 Å². The molecule has 0 N–H and O–H groups in total. The number of methoxy groups -OCH3 is 2. The topological polar surface area (TPSA) is 128 Å². The molecule has 0 amide bonds. The van der Waals surface area contributed by atoms with Crippen LogP contribution in [0.4, 0.5) is 4.39 Å². The molecule has 11 nitrogen and oxygen atoms in total. The second-order valence-electron chi connectivity index (χ2n) is 10.2. The highest BCUT2D eigenvalue weighted by molar-refractivity contribution is 5.96. The van der Waals surface area contributed by atoms with E-state index < -0.39 is 17.0 Å². The van der Waals surface area contributed by atoms with Gasteiger partial charge in [-0.25, -0.2) is 14.4 Å². The van der Waals surface area contributed by atoms with Crippen LogP contribution in [0.5, 0.6) is 23.3 Å². The van der Waals surface area contributed by atoms with Crippen molar-refractivity contribution in [3.63, 3.8) is 0 Å². The van der Waals surface area contributed by atoms with Gasteiger partial charge in [0.1, 0.15) is 11.6 Å². The maximum atomic E-state index is 13.6. The van der Waals surface area contributed by atoms with Crippen molar-refractivity contribution in [2.24, 2.45) is 0 Å². The molecule has 5 aromatic rings. The van der Waals surface area contributed by atoms with E-state index in [1.807, 2.05) is 0 Å². The maximum absolute atomic E-state index is 13.6. The van der Waals surface area contributed by atoms with E-state index in [-0.39, 0.29) is 29.7 Å². The van der Waals surface area contributed by atoms with E-state index in [2.05, 4.69) is 20.1 Å². The van der Waals surface area contributed by atoms with E-state index in [4.69, 9.17) is 18.9 Å². The fourth-order valence-corrected chi connectivity index (χ4v) is 5.05. The Morgan fingerprint density at radius 2 is 1.68 bits per heavy atom. The first-order valence-electron chi connectivity index (χ1n) is 13.9. The fraction of sp³-hybridized carbons (Fsp3) is 0.250. The van der Waals surface area contributed by atoms with Crippen molar-refractivity contribution in [3.8, 4) is 34.4 Å². The SMILES string of the molecule is COc1cc2nccc(Oc3ncc(CC(=O)c4nn(C5CCOCC5)cc(-c5ccc(F)cc5)c4=O)cn3)c2cc1OC. The number of benzene rings is 2. The van der Waals surface area contributed by atoms with Crippen molar-refractivity contribution in [1.82, 2.24) is 24.7 Å². The molecular weight excluding hydrogens is 569 g/mol. The number of ether oxygens (including phenoxy) is 4. The molecule has 4 heterocycles. The monoisotopic (exact) mass is 597 g/mol. The van der Waals surface area contributed by atoms with E-state index in [0.717, 1.165) is 0 Å². The van der Waals surface area contributed by atoms with E-state index >= 15 is 0 Å². The van der Waals surface area contributed by atoms with Gasteiger partial charge in [0, 0.05) is 61.4 Å². The van der Waals surface area contributed by atoms with Gasteiger partial charge in [-0.1, -0.05) is 12.1 Å². The highest BCUT2D eigenvalue weighted by Gasteiger charge is 2.23. The lowest BCUT2D eigenvalue weighted by atomic mass is 10.0. The smallest absolute Gasteiger partial charge is 0.321 e. The number of aromatic nitrogens is 5. The summed E-state index contributed by atoms with van der Waals surface area (Å²) in [7, 11) is 3.09.